The number of benzene rings is 2. The second kappa shape index (κ2) is 16.4. The molecule has 3 rings (SSSR count). The van der Waals surface area contributed by atoms with E-state index in [4.69, 9.17) is 4.74 Å². The Labute approximate surface area is 223 Å². The van der Waals surface area contributed by atoms with Gasteiger partial charge in [0.25, 0.3) is 0 Å². The minimum absolute atomic E-state index is 0.263. The Balaban J connectivity index is 1.42. The van der Waals surface area contributed by atoms with E-state index in [0.29, 0.717) is 10.6 Å². The van der Waals surface area contributed by atoms with E-state index < -0.39 is 0 Å². The zero-order valence-corrected chi connectivity index (χ0v) is 23.2. The lowest BCUT2D eigenvalue weighted by Crippen LogP contribution is -2.06. The highest BCUT2D eigenvalue weighted by Gasteiger charge is 2.12. The van der Waals surface area contributed by atoms with Crippen molar-refractivity contribution in [3.05, 3.63) is 76.0 Å². The molecule has 0 saturated heterocycles. The molecule has 0 aliphatic carbocycles. The third kappa shape index (κ3) is 9.93. The van der Waals surface area contributed by atoms with E-state index in [0.717, 1.165) is 18.4 Å². The molecule has 36 heavy (non-hydrogen) atoms. The smallest absolute Gasteiger partial charge is 0.353 e. The van der Waals surface area contributed by atoms with E-state index in [9.17, 15) is 4.79 Å². The van der Waals surface area contributed by atoms with Gasteiger partial charge in [-0.3, -0.25) is 0 Å². The number of hydrogen-bond donors (Lipinski definition) is 0. The highest BCUT2D eigenvalue weighted by molar-refractivity contribution is 7.13. The van der Waals surface area contributed by atoms with Crippen molar-refractivity contribution in [2.75, 3.05) is 0 Å². The quantitative estimate of drug-likeness (QED) is 0.104. The Hall–Kier alpha value is -2.39. The van der Waals surface area contributed by atoms with Crippen LogP contribution in [0.15, 0.2) is 60.7 Å². The molecule has 2 aromatic carbocycles. The van der Waals surface area contributed by atoms with Gasteiger partial charge in [0.05, 0.1) is 0 Å². The zero-order chi connectivity index (χ0) is 25.4. The summed E-state index contributed by atoms with van der Waals surface area (Å²) in [5.74, 6) is 0.329. The van der Waals surface area contributed by atoms with Crippen LogP contribution in [-0.4, -0.2) is 5.97 Å². The summed E-state index contributed by atoms with van der Waals surface area (Å²) in [5, 5.41) is 0. The van der Waals surface area contributed by atoms with Gasteiger partial charge in [-0.15, -0.1) is 11.3 Å². The van der Waals surface area contributed by atoms with Crippen LogP contribution < -0.4 is 4.74 Å². The minimum atomic E-state index is -0.263. The van der Waals surface area contributed by atoms with Crippen molar-refractivity contribution in [1.82, 2.24) is 0 Å². The van der Waals surface area contributed by atoms with Crippen LogP contribution in [0.3, 0.4) is 0 Å². The maximum atomic E-state index is 12.6. The molecule has 1 heterocycles. The van der Waals surface area contributed by atoms with E-state index in [2.05, 4.69) is 44.2 Å². The molecule has 0 aliphatic heterocycles. The summed E-state index contributed by atoms with van der Waals surface area (Å²) >= 11 is 1.57. The predicted molar refractivity (Wildman–Crippen MR) is 155 cm³/mol. The number of rotatable bonds is 17. The number of esters is 1. The van der Waals surface area contributed by atoms with Crippen molar-refractivity contribution in [2.45, 2.75) is 104 Å². The van der Waals surface area contributed by atoms with Crippen LogP contribution in [0.2, 0.25) is 0 Å². The van der Waals surface area contributed by atoms with Crippen molar-refractivity contribution in [1.29, 1.82) is 0 Å². The molecule has 0 atom stereocenters. The highest BCUT2D eigenvalue weighted by atomic mass is 32.1. The van der Waals surface area contributed by atoms with Gasteiger partial charge in [-0.1, -0.05) is 114 Å². The molecular formula is C33H44O2S. The lowest BCUT2D eigenvalue weighted by molar-refractivity contribution is 0.0740. The van der Waals surface area contributed by atoms with Crippen molar-refractivity contribution in [3.8, 4) is 16.9 Å². The average Bonchev–Trinajstić information content (AvgIpc) is 3.38. The van der Waals surface area contributed by atoms with E-state index >= 15 is 0 Å². The monoisotopic (exact) mass is 504 g/mol. The largest absolute Gasteiger partial charge is 0.422 e. The lowest BCUT2D eigenvalue weighted by atomic mass is 10.0. The van der Waals surface area contributed by atoms with E-state index in [1.54, 1.807) is 11.3 Å². The van der Waals surface area contributed by atoms with Gasteiger partial charge < -0.3 is 4.74 Å². The first-order chi connectivity index (χ1) is 17.7. The summed E-state index contributed by atoms with van der Waals surface area (Å²) < 4.78 is 5.64. The summed E-state index contributed by atoms with van der Waals surface area (Å²) in [7, 11) is 0. The molecule has 194 valence electrons. The van der Waals surface area contributed by atoms with E-state index in [1.165, 1.54) is 93.1 Å². The molecule has 0 radical (unpaired) electrons. The van der Waals surface area contributed by atoms with Crippen LogP contribution in [0.25, 0.3) is 11.1 Å². The van der Waals surface area contributed by atoms with Gasteiger partial charge in [-0.2, -0.15) is 0 Å². The molecule has 3 heteroatoms. The number of thiophene rings is 1. The minimum Gasteiger partial charge on any atom is -0.422 e. The van der Waals surface area contributed by atoms with Crippen LogP contribution in [0, 0.1) is 0 Å². The van der Waals surface area contributed by atoms with E-state index in [1.807, 2.05) is 30.3 Å². The molecule has 0 fully saturated rings. The Morgan fingerprint density at radius 2 is 1.14 bits per heavy atom. The third-order valence-corrected chi connectivity index (χ3v) is 7.94. The third-order valence-electron chi connectivity index (χ3n) is 6.81. The molecule has 0 spiro atoms. The molecule has 0 aliphatic rings. The maximum Gasteiger partial charge on any atom is 0.353 e. The zero-order valence-electron chi connectivity index (χ0n) is 22.4. The first kappa shape index (κ1) is 28.2. The summed E-state index contributed by atoms with van der Waals surface area (Å²) in [4.78, 5) is 14.6. The van der Waals surface area contributed by atoms with Gasteiger partial charge >= 0.3 is 5.97 Å². The van der Waals surface area contributed by atoms with Crippen LogP contribution in [0.5, 0.6) is 5.75 Å². The van der Waals surface area contributed by atoms with Crippen LogP contribution in [0.1, 0.15) is 111 Å². The molecular weight excluding hydrogens is 460 g/mol. The van der Waals surface area contributed by atoms with Crippen LogP contribution >= 0.6 is 11.3 Å². The fourth-order valence-corrected chi connectivity index (χ4v) is 5.47. The Bertz CT molecular complexity index is 1000. The number of ether oxygens (including phenoxy) is 1. The molecule has 2 nitrogen and oxygen atoms in total. The number of unbranched alkanes of at least 4 members (excludes halogenated alkanes) is 10. The van der Waals surface area contributed by atoms with Crippen molar-refractivity contribution in [2.24, 2.45) is 0 Å². The molecule has 3 aromatic rings. The van der Waals surface area contributed by atoms with Gasteiger partial charge in [-0.25, -0.2) is 4.79 Å². The van der Waals surface area contributed by atoms with Gasteiger partial charge in [0.1, 0.15) is 10.6 Å². The maximum absolute atomic E-state index is 12.6. The molecule has 1 aromatic heterocycles. The van der Waals surface area contributed by atoms with Crippen LogP contribution in [-0.2, 0) is 12.8 Å². The SMILES string of the molecule is CCCCCCCCc1ccc(-c2ccc(OC(=O)c3ccc(CCCCCCCC)s3)cc2)cc1. The van der Waals surface area contributed by atoms with Gasteiger partial charge in [-0.05, 0) is 66.6 Å². The Morgan fingerprint density at radius 1 is 0.611 bits per heavy atom. The summed E-state index contributed by atoms with van der Waals surface area (Å²) in [6.45, 7) is 4.51. The van der Waals surface area contributed by atoms with E-state index in [-0.39, 0.29) is 5.97 Å². The first-order valence-electron chi connectivity index (χ1n) is 14.2. The Kier molecular flexibility index (Phi) is 12.8. The lowest BCUT2D eigenvalue weighted by Gasteiger charge is -2.07. The molecule has 0 N–H and O–H groups in total. The normalized spacial score (nSPS) is 11.1. The number of aryl methyl sites for hydroxylation is 2. The second-order valence-corrected chi connectivity index (χ2v) is 11.1. The van der Waals surface area contributed by atoms with Crippen LogP contribution in [0.4, 0.5) is 0 Å². The predicted octanol–water partition coefficient (Wildman–Crippen LogP) is 10.4. The molecule has 0 unspecified atom stereocenters. The summed E-state index contributed by atoms with van der Waals surface area (Å²) in [6.07, 6.45) is 17.9. The number of carbonyl (C=O) groups is 1. The Morgan fingerprint density at radius 3 is 1.75 bits per heavy atom. The van der Waals surface area contributed by atoms with Crippen molar-refractivity contribution in [3.63, 3.8) is 0 Å². The second-order valence-electron chi connectivity index (χ2n) is 9.91. The molecule has 0 saturated carbocycles. The van der Waals surface area contributed by atoms with Gasteiger partial charge in [0.15, 0.2) is 0 Å². The van der Waals surface area contributed by atoms with Gasteiger partial charge in [0, 0.05) is 4.88 Å². The fraction of sp³-hybridized carbons (Fsp3) is 0.485. The highest BCUT2D eigenvalue weighted by Crippen LogP contribution is 2.25. The topological polar surface area (TPSA) is 26.3 Å². The molecule has 0 bridgehead atoms. The first-order valence-corrected chi connectivity index (χ1v) is 15.0. The number of carbonyl (C=O) groups excluding carboxylic acids is 1. The van der Waals surface area contributed by atoms with Gasteiger partial charge in [0.2, 0.25) is 0 Å². The molecule has 0 amide bonds. The number of hydrogen-bond acceptors (Lipinski definition) is 3. The standard InChI is InChI=1S/C33H44O2S/c1-3-5-7-9-11-13-15-27-17-19-28(20-18-27)29-21-23-30(24-22-29)35-33(34)32-26-25-31(36-32)16-14-12-10-8-6-4-2/h17-26H,3-16H2,1-2H3. The average molecular weight is 505 g/mol. The van der Waals surface area contributed by atoms with Crippen molar-refractivity contribution >= 4 is 17.3 Å². The summed E-state index contributed by atoms with van der Waals surface area (Å²) in [5.41, 5.74) is 3.74. The summed E-state index contributed by atoms with van der Waals surface area (Å²) in [6, 6.07) is 20.7. The van der Waals surface area contributed by atoms with Crippen molar-refractivity contribution < 1.29 is 9.53 Å². The fourth-order valence-electron chi connectivity index (χ4n) is 4.55.